The number of amides is 2. The SMILES string of the molecule is CC(C)(C)NC(=O)[C@@H](Cc1ccccc1)N(Cc1ccccc1Cl)C(=O)COc1ccccc1C(C)(C)C. The molecule has 0 spiro atoms. The number of halogens is 1. The second-order valence-corrected chi connectivity index (χ2v) is 12.0. The van der Waals surface area contributed by atoms with Crippen LogP contribution in [0.1, 0.15) is 58.2 Å². The first-order valence-electron chi connectivity index (χ1n) is 13.0. The smallest absolute Gasteiger partial charge is 0.261 e. The third-order valence-electron chi connectivity index (χ3n) is 6.11. The summed E-state index contributed by atoms with van der Waals surface area (Å²) in [5, 5.41) is 3.61. The second-order valence-electron chi connectivity index (χ2n) is 11.6. The Morgan fingerprint density at radius 3 is 2.11 bits per heavy atom. The van der Waals surface area contributed by atoms with Crippen LogP contribution < -0.4 is 10.1 Å². The van der Waals surface area contributed by atoms with Gasteiger partial charge in [-0.15, -0.1) is 0 Å². The number of hydrogen-bond donors (Lipinski definition) is 1. The normalized spacial score (nSPS) is 12.5. The fourth-order valence-electron chi connectivity index (χ4n) is 4.25. The van der Waals surface area contributed by atoms with E-state index in [0.717, 1.165) is 16.7 Å². The number of ether oxygens (including phenoxy) is 1. The fourth-order valence-corrected chi connectivity index (χ4v) is 4.45. The first-order chi connectivity index (χ1) is 17.8. The summed E-state index contributed by atoms with van der Waals surface area (Å²) in [6.45, 7) is 12.1. The molecule has 2 amide bonds. The monoisotopic (exact) mass is 534 g/mol. The number of rotatable bonds is 9. The number of carbonyl (C=O) groups is 2. The molecule has 0 aromatic heterocycles. The number of nitrogens with one attached hydrogen (secondary N) is 1. The molecule has 0 aliphatic heterocycles. The van der Waals surface area contributed by atoms with Crippen LogP contribution in [0.4, 0.5) is 0 Å². The lowest BCUT2D eigenvalue weighted by Crippen LogP contribution is -2.55. The topological polar surface area (TPSA) is 58.6 Å². The number of hydrogen-bond acceptors (Lipinski definition) is 3. The van der Waals surface area contributed by atoms with Gasteiger partial charge in [0, 0.05) is 23.5 Å². The van der Waals surface area contributed by atoms with Crippen molar-refractivity contribution in [3.63, 3.8) is 0 Å². The molecule has 0 aliphatic rings. The maximum Gasteiger partial charge on any atom is 0.261 e. The molecule has 202 valence electrons. The van der Waals surface area contributed by atoms with Gasteiger partial charge in [-0.3, -0.25) is 9.59 Å². The molecule has 0 heterocycles. The lowest BCUT2D eigenvalue weighted by Gasteiger charge is -2.34. The van der Waals surface area contributed by atoms with Crippen molar-refractivity contribution >= 4 is 23.4 Å². The van der Waals surface area contributed by atoms with Crippen LogP contribution in [0.25, 0.3) is 0 Å². The quantitative estimate of drug-likeness (QED) is 0.338. The molecule has 0 bridgehead atoms. The van der Waals surface area contributed by atoms with E-state index in [1.165, 1.54) is 0 Å². The standard InChI is InChI=1S/C32H39ClN2O3/c1-31(2,3)25-17-11-13-19-28(25)38-22-29(36)35(21-24-16-10-12-18-26(24)33)27(30(37)34-32(4,5)6)20-23-14-8-7-9-15-23/h7-19,27H,20-22H2,1-6H3,(H,34,37)/t27-/m1/s1. The van der Waals surface area contributed by atoms with Gasteiger partial charge in [0.2, 0.25) is 5.91 Å². The Bertz CT molecular complexity index is 1230. The first-order valence-corrected chi connectivity index (χ1v) is 13.3. The largest absolute Gasteiger partial charge is 0.483 e. The molecule has 6 heteroatoms. The van der Waals surface area contributed by atoms with Crippen molar-refractivity contribution in [2.45, 2.75) is 71.5 Å². The highest BCUT2D eigenvalue weighted by atomic mass is 35.5. The molecule has 1 N–H and O–H groups in total. The van der Waals surface area contributed by atoms with E-state index in [4.69, 9.17) is 16.3 Å². The van der Waals surface area contributed by atoms with Gasteiger partial charge < -0.3 is 15.0 Å². The summed E-state index contributed by atoms with van der Waals surface area (Å²) in [5.41, 5.74) is 2.11. The van der Waals surface area contributed by atoms with Crippen molar-refractivity contribution < 1.29 is 14.3 Å². The van der Waals surface area contributed by atoms with Crippen molar-refractivity contribution in [2.75, 3.05) is 6.61 Å². The second kappa shape index (κ2) is 12.5. The van der Waals surface area contributed by atoms with E-state index < -0.39 is 11.6 Å². The van der Waals surface area contributed by atoms with Crippen LogP contribution in [0.2, 0.25) is 5.02 Å². The Hall–Kier alpha value is -3.31. The third kappa shape index (κ3) is 8.35. The van der Waals surface area contributed by atoms with Crippen molar-refractivity contribution in [2.24, 2.45) is 0 Å². The average Bonchev–Trinajstić information content (AvgIpc) is 2.85. The first kappa shape index (κ1) is 29.2. The molecule has 3 aromatic rings. The summed E-state index contributed by atoms with van der Waals surface area (Å²) in [5.74, 6) is 0.139. The molecule has 38 heavy (non-hydrogen) atoms. The highest BCUT2D eigenvalue weighted by molar-refractivity contribution is 6.31. The van der Waals surface area contributed by atoms with Gasteiger partial charge in [-0.05, 0) is 55.0 Å². The molecule has 0 fully saturated rings. The Labute approximate surface area is 232 Å². The van der Waals surface area contributed by atoms with Gasteiger partial charge in [-0.25, -0.2) is 0 Å². The van der Waals surface area contributed by atoms with E-state index in [0.29, 0.717) is 17.2 Å². The Balaban J connectivity index is 1.97. The van der Waals surface area contributed by atoms with Crippen molar-refractivity contribution in [1.82, 2.24) is 10.2 Å². The van der Waals surface area contributed by atoms with Crippen LogP contribution in [0.5, 0.6) is 5.75 Å². The Morgan fingerprint density at radius 2 is 1.47 bits per heavy atom. The fraction of sp³-hybridized carbons (Fsp3) is 0.375. The van der Waals surface area contributed by atoms with E-state index in [-0.39, 0.29) is 30.4 Å². The third-order valence-corrected chi connectivity index (χ3v) is 6.48. The predicted octanol–water partition coefficient (Wildman–Crippen LogP) is 6.57. The van der Waals surface area contributed by atoms with Crippen LogP contribution in [0.15, 0.2) is 78.9 Å². The van der Waals surface area contributed by atoms with E-state index in [1.54, 1.807) is 11.0 Å². The zero-order valence-electron chi connectivity index (χ0n) is 23.3. The van der Waals surface area contributed by atoms with Gasteiger partial charge in [0.15, 0.2) is 6.61 Å². The molecule has 0 unspecified atom stereocenters. The van der Waals surface area contributed by atoms with Gasteiger partial charge in [0.1, 0.15) is 11.8 Å². The zero-order valence-corrected chi connectivity index (χ0v) is 24.0. The van der Waals surface area contributed by atoms with Crippen molar-refractivity contribution in [1.29, 1.82) is 0 Å². The zero-order chi connectivity index (χ0) is 27.9. The minimum Gasteiger partial charge on any atom is -0.483 e. The minimum absolute atomic E-state index is 0.153. The van der Waals surface area contributed by atoms with Gasteiger partial charge >= 0.3 is 0 Å². The van der Waals surface area contributed by atoms with Crippen molar-refractivity contribution in [3.05, 3.63) is 101 Å². The van der Waals surface area contributed by atoms with Gasteiger partial charge in [-0.1, -0.05) is 99.1 Å². The maximum atomic E-state index is 13.9. The van der Waals surface area contributed by atoms with Crippen LogP contribution in [-0.2, 0) is 28.0 Å². The Kier molecular flexibility index (Phi) is 9.61. The highest BCUT2D eigenvalue weighted by Crippen LogP contribution is 2.31. The molecule has 0 aliphatic carbocycles. The minimum atomic E-state index is -0.762. The molecular weight excluding hydrogens is 496 g/mol. The number of carbonyl (C=O) groups excluding carboxylic acids is 2. The molecule has 1 atom stereocenters. The summed E-state index contributed by atoms with van der Waals surface area (Å²) < 4.78 is 6.10. The van der Waals surface area contributed by atoms with Crippen molar-refractivity contribution in [3.8, 4) is 5.75 Å². The van der Waals surface area contributed by atoms with Crippen LogP contribution in [0.3, 0.4) is 0 Å². The van der Waals surface area contributed by atoms with E-state index in [1.807, 2.05) is 93.6 Å². The molecular formula is C32H39ClN2O3. The van der Waals surface area contributed by atoms with E-state index >= 15 is 0 Å². The lowest BCUT2D eigenvalue weighted by molar-refractivity contribution is -0.143. The van der Waals surface area contributed by atoms with Gasteiger partial charge in [-0.2, -0.15) is 0 Å². The van der Waals surface area contributed by atoms with E-state index in [2.05, 4.69) is 26.1 Å². The molecule has 0 saturated heterocycles. The summed E-state index contributed by atoms with van der Waals surface area (Å²) in [7, 11) is 0. The lowest BCUT2D eigenvalue weighted by atomic mass is 9.86. The summed E-state index contributed by atoms with van der Waals surface area (Å²) in [6, 6.07) is 24.1. The molecule has 3 aromatic carbocycles. The van der Waals surface area contributed by atoms with Crippen LogP contribution >= 0.6 is 11.6 Å². The summed E-state index contributed by atoms with van der Waals surface area (Å²) in [4.78, 5) is 29.1. The molecule has 0 radical (unpaired) electrons. The number of nitrogens with zero attached hydrogens (tertiary/aromatic N) is 1. The summed E-state index contributed by atoms with van der Waals surface area (Å²) in [6.07, 6.45) is 0.359. The molecule has 3 rings (SSSR count). The van der Waals surface area contributed by atoms with E-state index in [9.17, 15) is 9.59 Å². The van der Waals surface area contributed by atoms with Gasteiger partial charge in [0.25, 0.3) is 5.91 Å². The highest BCUT2D eigenvalue weighted by Gasteiger charge is 2.33. The van der Waals surface area contributed by atoms with Gasteiger partial charge in [0.05, 0.1) is 0 Å². The maximum absolute atomic E-state index is 13.9. The Morgan fingerprint density at radius 1 is 0.868 bits per heavy atom. The molecule has 5 nitrogen and oxygen atoms in total. The van der Waals surface area contributed by atoms with Crippen LogP contribution in [0, 0.1) is 0 Å². The average molecular weight is 535 g/mol. The number of para-hydroxylation sites is 1. The predicted molar refractivity (Wildman–Crippen MR) is 154 cm³/mol. The molecule has 0 saturated carbocycles. The summed E-state index contributed by atoms with van der Waals surface area (Å²) >= 11 is 6.50. The van der Waals surface area contributed by atoms with Crippen LogP contribution in [-0.4, -0.2) is 34.9 Å². The number of benzene rings is 3.